The summed E-state index contributed by atoms with van der Waals surface area (Å²) < 4.78 is 5.33. The maximum atomic E-state index is 12.4. The number of hydrogen-bond donors (Lipinski definition) is 1. The SMILES string of the molecule is CCC(C)(OC)C(=O)N(C)c1cccc(CN)c1. The molecule has 18 heavy (non-hydrogen) atoms. The van der Waals surface area contributed by atoms with Gasteiger partial charge in [-0.25, -0.2) is 0 Å². The summed E-state index contributed by atoms with van der Waals surface area (Å²) in [4.78, 5) is 14.0. The van der Waals surface area contributed by atoms with Gasteiger partial charge in [-0.2, -0.15) is 0 Å². The number of amides is 1. The van der Waals surface area contributed by atoms with Crippen LogP contribution in [0.2, 0.25) is 0 Å². The van der Waals surface area contributed by atoms with Gasteiger partial charge in [0, 0.05) is 26.4 Å². The average Bonchev–Trinajstić information content (AvgIpc) is 2.44. The molecule has 0 aromatic heterocycles. The highest BCUT2D eigenvalue weighted by Gasteiger charge is 2.34. The van der Waals surface area contributed by atoms with Crippen molar-refractivity contribution in [1.82, 2.24) is 0 Å². The van der Waals surface area contributed by atoms with Crippen LogP contribution in [0, 0.1) is 0 Å². The quantitative estimate of drug-likeness (QED) is 0.868. The van der Waals surface area contributed by atoms with Crippen LogP contribution >= 0.6 is 0 Å². The van der Waals surface area contributed by atoms with Crippen LogP contribution in [-0.2, 0) is 16.1 Å². The van der Waals surface area contributed by atoms with Crippen molar-refractivity contribution in [3.63, 3.8) is 0 Å². The summed E-state index contributed by atoms with van der Waals surface area (Å²) in [5.74, 6) is -0.0540. The van der Waals surface area contributed by atoms with Crippen LogP contribution in [0.15, 0.2) is 24.3 Å². The number of nitrogens with zero attached hydrogens (tertiary/aromatic N) is 1. The fraction of sp³-hybridized carbons (Fsp3) is 0.500. The van der Waals surface area contributed by atoms with Gasteiger partial charge >= 0.3 is 0 Å². The maximum absolute atomic E-state index is 12.4. The lowest BCUT2D eigenvalue weighted by atomic mass is 10.0. The van der Waals surface area contributed by atoms with Crippen LogP contribution in [0.25, 0.3) is 0 Å². The van der Waals surface area contributed by atoms with Crippen LogP contribution in [0.3, 0.4) is 0 Å². The molecule has 1 amide bonds. The molecular weight excluding hydrogens is 228 g/mol. The third-order valence-corrected chi connectivity index (χ3v) is 3.42. The van der Waals surface area contributed by atoms with Crippen molar-refractivity contribution >= 4 is 11.6 Å². The monoisotopic (exact) mass is 250 g/mol. The molecular formula is C14H22N2O2. The van der Waals surface area contributed by atoms with Gasteiger partial charge in [0.2, 0.25) is 0 Å². The van der Waals surface area contributed by atoms with E-state index in [1.807, 2.05) is 31.2 Å². The Bertz CT molecular complexity index is 414. The van der Waals surface area contributed by atoms with Gasteiger partial charge in [-0.15, -0.1) is 0 Å². The van der Waals surface area contributed by atoms with E-state index >= 15 is 0 Å². The molecule has 1 atom stereocenters. The van der Waals surface area contributed by atoms with E-state index in [4.69, 9.17) is 10.5 Å². The molecule has 0 heterocycles. The van der Waals surface area contributed by atoms with Crippen LogP contribution < -0.4 is 10.6 Å². The fourth-order valence-electron chi connectivity index (χ4n) is 1.75. The second-order valence-electron chi connectivity index (χ2n) is 4.53. The van der Waals surface area contributed by atoms with Crippen LogP contribution in [0.4, 0.5) is 5.69 Å². The number of rotatable bonds is 5. The zero-order valence-electron chi connectivity index (χ0n) is 11.6. The molecule has 0 saturated carbocycles. The lowest BCUT2D eigenvalue weighted by Gasteiger charge is -2.30. The van der Waals surface area contributed by atoms with Crippen molar-refractivity contribution in [3.8, 4) is 0 Å². The van der Waals surface area contributed by atoms with Crippen LogP contribution in [0.5, 0.6) is 0 Å². The normalized spacial score (nSPS) is 14.1. The van der Waals surface area contributed by atoms with Crippen molar-refractivity contribution in [2.75, 3.05) is 19.1 Å². The highest BCUT2D eigenvalue weighted by Crippen LogP contribution is 2.22. The predicted molar refractivity (Wildman–Crippen MR) is 73.4 cm³/mol. The van der Waals surface area contributed by atoms with E-state index in [0.717, 1.165) is 11.3 Å². The first-order valence-corrected chi connectivity index (χ1v) is 6.10. The number of benzene rings is 1. The Morgan fingerprint density at radius 3 is 2.67 bits per heavy atom. The summed E-state index contributed by atoms with van der Waals surface area (Å²) in [6, 6.07) is 7.65. The molecule has 0 spiro atoms. The molecule has 1 rings (SSSR count). The van der Waals surface area contributed by atoms with Gasteiger partial charge in [0.15, 0.2) is 0 Å². The fourth-order valence-corrected chi connectivity index (χ4v) is 1.75. The van der Waals surface area contributed by atoms with Gasteiger partial charge in [-0.05, 0) is 31.0 Å². The van der Waals surface area contributed by atoms with Gasteiger partial charge in [0.1, 0.15) is 5.60 Å². The average molecular weight is 250 g/mol. The molecule has 0 saturated heterocycles. The number of hydrogen-bond acceptors (Lipinski definition) is 3. The Morgan fingerprint density at radius 1 is 1.50 bits per heavy atom. The number of carbonyl (C=O) groups is 1. The molecule has 2 N–H and O–H groups in total. The highest BCUT2D eigenvalue weighted by molar-refractivity contribution is 5.98. The lowest BCUT2D eigenvalue weighted by Crippen LogP contribution is -2.46. The first-order chi connectivity index (χ1) is 8.48. The molecule has 0 aliphatic rings. The van der Waals surface area contributed by atoms with E-state index in [-0.39, 0.29) is 5.91 Å². The van der Waals surface area contributed by atoms with Gasteiger partial charge < -0.3 is 15.4 Å². The van der Waals surface area contributed by atoms with Crippen LogP contribution in [0.1, 0.15) is 25.8 Å². The standard InChI is InChI=1S/C14H22N2O2/c1-5-14(2,18-4)13(17)16(3)12-8-6-7-11(9-12)10-15/h6-9H,5,10,15H2,1-4H3. The lowest BCUT2D eigenvalue weighted by molar-refractivity contribution is -0.138. The summed E-state index contributed by atoms with van der Waals surface area (Å²) >= 11 is 0. The van der Waals surface area contributed by atoms with Gasteiger partial charge in [0.25, 0.3) is 5.91 Å². The molecule has 0 aliphatic heterocycles. The van der Waals surface area contributed by atoms with E-state index in [1.54, 1.807) is 26.0 Å². The summed E-state index contributed by atoms with van der Waals surface area (Å²) in [5, 5.41) is 0. The minimum atomic E-state index is -0.784. The maximum Gasteiger partial charge on any atom is 0.258 e. The molecule has 4 nitrogen and oxygen atoms in total. The van der Waals surface area contributed by atoms with Gasteiger partial charge in [-0.3, -0.25) is 4.79 Å². The number of anilines is 1. The minimum absolute atomic E-state index is 0.0540. The zero-order chi connectivity index (χ0) is 13.8. The summed E-state index contributed by atoms with van der Waals surface area (Å²) in [6.07, 6.45) is 0.628. The van der Waals surface area contributed by atoms with Crippen molar-refractivity contribution in [2.45, 2.75) is 32.4 Å². The molecule has 1 aromatic rings. The Hall–Kier alpha value is -1.39. The summed E-state index contributed by atoms with van der Waals surface area (Å²) in [7, 11) is 3.32. The first kappa shape index (κ1) is 14.7. The van der Waals surface area contributed by atoms with E-state index in [9.17, 15) is 4.79 Å². The highest BCUT2D eigenvalue weighted by atomic mass is 16.5. The molecule has 100 valence electrons. The third-order valence-electron chi connectivity index (χ3n) is 3.42. The Labute approximate surface area is 109 Å². The molecule has 1 unspecified atom stereocenters. The predicted octanol–water partition coefficient (Wildman–Crippen LogP) is 1.92. The number of likely N-dealkylation sites (N-methyl/N-ethyl adjacent to an activating group) is 1. The van der Waals surface area contributed by atoms with Crippen molar-refractivity contribution in [3.05, 3.63) is 29.8 Å². The molecule has 0 fully saturated rings. The van der Waals surface area contributed by atoms with E-state index in [1.165, 1.54) is 0 Å². The molecule has 4 heteroatoms. The summed E-state index contributed by atoms with van der Waals surface area (Å²) in [5.41, 5.74) is 6.66. The topological polar surface area (TPSA) is 55.6 Å². The van der Waals surface area contributed by atoms with Crippen molar-refractivity contribution in [1.29, 1.82) is 0 Å². The number of ether oxygens (including phenoxy) is 1. The summed E-state index contributed by atoms with van der Waals surface area (Å²) in [6.45, 7) is 4.20. The third kappa shape index (κ3) is 2.89. The first-order valence-electron chi connectivity index (χ1n) is 6.10. The smallest absolute Gasteiger partial charge is 0.258 e. The zero-order valence-corrected chi connectivity index (χ0v) is 11.6. The minimum Gasteiger partial charge on any atom is -0.369 e. The molecule has 0 radical (unpaired) electrons. The second kappa shape index (κ2) is 5.98. The molecule has 1 aromatic carbocycles. The van der Waals surface area contributed by atoms with E-state index in [2.05, 4.69) is 0 Å². The van der Waals surface area contributed by atoms with E-state index < -0.39 is 5.60 Å². The number of methoxy groups -OCH3 is 1. The Kier molecular flexibility index (Phi) is 4.87. The Morgan fingerprint density at radius 2 is 2.17 bits per heavy atom. The number of nitrogens with two attached hydrogens (primary N) is 1. The second-order valence-corrected chi connectivity index (χ2v) is 4.53. The molecule has 0 bridgehead atoms. The largest absolute Gasteiger partial charge is 0.369 e. The van der Waals surface area contributed by atoms with E-state index in [0.29, 0.717) is 13.0 Å². The Balaban J connectivity index is 2.99. The molecule has 0 aliphatic carbocycles. The van der Waals surface area contributed by atoms with Crippen molar-refractivity contribution < 1.29 is 9.53 Å². The number of carbonyl (C=O) groups excluding carboxylic acids is 1. The van der Waals surface area contributed by atoms with Crippen LogP contribution in [-0.4, -0.2) is 25.7 Å². The van der Waals surface area contributed by atoms with Crippen molar-refractivity contribution in [2.24, 2.45) is 5.73 Å². The van der Waals surface area contributed by atoms with Gasteiger partial charge in [0.05, 0.1) is 0 Å². The van der Waals surface area contributed by atoms with Gasteiger partial charge in [-0.1, -0.05) is 19.1 Å².